The van der Waals surface area contributed by atoms with Gasteiger partial charge >= 0.3 is 0 Å². The quantitative estimate of drug-likeness (QED) is 0.684. The summed E-state index contributed by atoms with van der Waals surface area (Å²) in [6, 6.07) is 2.10. The molecule has 1 heterocycles. The molecule has 18 heavy (non-hydrogen) atoms. The van der Waals surface area contributed by atoms with E-state index in [1.165, 1.54) is 5.56 Å². The first-order chi connectivity index (χ1) is 8.72. The molecule has 3 heteroatoms. The van der Waals surface area contributed by atoms with Crippen molar-refractivity contribution in [3.8, 4) is 5.75 Å². The maximum absolute atomic E-state index is 5.58. The summed E-state index contributed by atoms with van der Waals surface area (Å²) in [5, 5.41) is 3.45. The van der Waals surface area contributed by atoms with Gasteiger partial charge in [0.1, 0.15) is 5.75 Å². The molecule has 0 saturated heterocycles. The average molecular weight is 250 g/mol. The average Bonchev–Trinajstić information content (AvgIpc) is 2.36. The first-order valence-corrected chi connectivity index (χ1v) is 6.99. The van der Waals surface area contributed by atoms with E-state index in [9.17, 15) is 0 Å². The normalized spacial score (nSPS) is 10.9. The topological polar surface area (TPSA) is 34.1 Å². The molecule has 3 nitrogen and oxygen atoms in total. The number of rotatable bonds is 9. The van der Waals surface area contributed by atoms with E-state index in [0.29, 0.717) is 0 Å². The summed E-state index contributed by atoms with van der Waals surface area (Å²) in [6.45, 7) is 9.49. The summed E-state index contributed by atoms with van der Waals surface area (Å²) < 4.78 is 5.58. The number of hydrogen-bond acceptors (Lipinski definition) is 3. The maximum atomic E-state index is 5.58. The van der Waals surface area contributed by atoms with Gasteiger partial charge in [0.2, 0.25) is 0 Å². The minimum Gasteiger partial charge on any atom is -0.492 e. The molecule has 0 aromatic carbocycles. The fourth-order valence-corrected chi connectivity index (χ4v) is 1.71. The summed E-state index contributed by atoms with van der Waals surface area (Å²) in [6.07, 6.45) is 6.95. The highest BCUT2D eigenvalue weighted by atomic mass is 16.5. The van der Waals surface area contributed by atoms with Crippen LogP contribution in [0.1, 0.15) is 39.2 Å². The van der Waals surface area contributed by atoms with Gasteiger partial charge in [-0.25, -0.2) is 0 Å². The van der Waals surface area contributed by atoms with Crippen molar-refractivity contribution < 1.29 is 4.74 Å². The van der Waals surface area contributed by atoms with Crippen LogP contribution in [0.25, 0.3) is 0 Å². The molecule has 0 fully saturated rings. The lowest BCUT2D eigenvalue weighted by atomic mass is 10.1. The van der Waals surface area contributed by atoms with Gasteiger partial charge in [0.15, 0.2) is 0 Å². The smallest absolute Gasteiger partial charge is 0.137 e. The Balaban J connectivity index is 2.24. The van der Waals surface area contributed by atoms with Gasteiger partial charge in [-0.1, -0.05) is 20.8 Å². The van der Waals surface area contributed by atoms with E-state index in [1.807, 2.05) is 6.20 Å². The Morgan fingerprint density at radius 3 is 2.89 bits per heavy atom. The van der Waals surface area contributed by atoms with Crippen molar-refractivity contribution in [1.82, 2.24) is 10.3 Å². The third kappa shape index (κ3) is 6.60. The Hall–Kier alpha value is -1.09. The first kappa shape index (κ1) is 15.0. The van der Waals surface area contributed by atoms with Gasteiger partial charge in [-0.2, -0.15) is 0 Å². The number of aryl methyl sites for hydroxylation is 1. The lowest BCUT2D eigenvalue weighted by molar-refractivity contribution is 0.316. The van der Waals surface area contributed by atoms with Crippen LogP contribution in [-0.2, 0) is 6.42 Å². The second-order valence-electron chi connectivity index (χ2n) is 5.08. The van der Waals surface area contributed by atoms with Crippen molar-refractivity contribution in [2.45, 2.75) is 40.0 Å². The van der Waals surface area contributed by atoms with Crippen molar-refractivity contribution in [2.24, 2.45) is 5.92 Å². The van der Waals surface area contributed by atoms with Crippen molar-refractivity contribution in [1.29, 1.82) is 0 Å². The van der Waals surface area contributed by atoms with Crippen LogP contribution >= 0.6 is 0 Å². The van der Waals surface area contributed by atoms with Crippen molar-refractivity contribution in [2.75, 3.05) is 19.7 Å². The third-order valence-electron chi connectivity index (χ3n) is 2.61. The molecular weight excluding hydrogens is 224 g/mol. The highest BCUT2D eigenvalue weighted by molar-refractivity contribution is 5.23. The van der Waals surface area contributed by atoms with Crippen LogP contribution in [0.5, 0.6) is 5.75 Å². The van der Waals surface area contributed by atoms with E-state index in [0.717, 1.165) is 50.6 Å². The molecule has 0 unspecified atom stereocenters. The summed E-state index contributed by atoms with van der Waals surface area (Å²) in [7, 11) is 0. The Morgan fingerprint density at radius 1 is 1.33 bits per heavy atom. The number of ether oxygens (including phenoxy) is 1. The van der Waals surface area contributed by atoms with Crippen molar-refractivity contribution in [3.63, 3.8) is 0 Å². The van der Waals surface area contributed by atoms with Crippen molar-refractivity contribution in [3.05, 3.63) is 24.0 Å². The van der Waals surface area contributed by atoms with Crippen LogP contribution in [-0.4, -0.2) is 24.7 Å². The minimum atomic E-state index is 0.720. The molecule has 102 valence electrons. The van der Waals surface area contributed by atoms with E-state index >= 15 is 0 Å². The summed E-state index contributed by atoms with van der Waals surface area (Å²) in [5.41, 5.74) is 1.26. The zero-order valence-corrected chi connectivity index (χ0v) is 11.9. The number of hydrogen-bond donors (Lipinski definition) is 1. The van der Waals surface area contributed by atoms with Gasteiger partial charge in [0.25, 0.3) is 0 Å². The molecule has 1 N–H and O–H groups in total. The summed E-state index contributed by atoms with van der Waals surface area (Å²) >= 11 is 0. The van der Waals surface area contributed by atoms with Gasteiger partial charge in [0.05, 0.1) is 12.8 Å². The van der Waals surface area contributed by atoms with Gasteiger partial charge in [0, 0.05) is 6.20 Å². The Labute approximate surface area is 111 Å². The molecule has 0 aliphatic carbocycles. The molecule has 0 radical (unpaired) electrons. The van der Waals surface area contributed by atoms with Gasteiger partial charge in [-0.3, -0.25) is 4.98 Å². The first-order valence-electron chi connectivity index (χ1n) is 6.99. The molecule has 0 aliphatic heterocycles. The van der Waals surface area contributed by atoms with Gasteiger partial charge in [-0.05, 0) is 49.9 Å². The SMILES string of the molecule is CCCOc1cncc(CCCNCC(C)C)c1. The largest absolute Gasteiger partial charge is 0.492 e. The summed E-state index contributed by atoms with van der Waals surface area (Å²) in [5.74, 6) is 1.61. The molecule has 1 rings (SSSR count). The zero-order chi connectivity index (χ0) is 13.2. The van der Waals surface area contributed by atoms with Crippen LogP contribution in [0.4, 0.5) is 0 Å². The second-order valence-corrected chi connectivity index (χ2v) is 5.08. The van der Waals surface area contributed by atoms with Crippen LogP contribution in [0.15, 0.2) is 18.5 Å². The molecule has 0 saturated carbocycles. The molecule has 0 bridgehead atoms. The van der Waals surface area contributed by atoms with Crippen molar-refractivity contribution >= 4 is 0 Å². The number of nitrogens with zero attached hydrogens (tertiary/aromatic N) is 1. The molecule has 0 atom stereocenters. The Kier molecular flexibility index (Phi) is 7.42. The zero-order valence-electron chi connectivity index (χ0n) is 11.9. The van der Waals surface area contributed by atoms with E-state index in [4.69, 9.17) is 4.74 Å². The van der Waals surface area contributed by atoms with E-state index in [-0.39, 0.29) is 0 Å². The molecular formula is C15H26N2O. The lowest BCUT2D eigenvalue weighted by Gasteiger charge is -2.08. The highest BCUT2D eigenvalue weighted by Gasteiger charge is 1.98. The predicted molar refractivity (Wildman–Crippen MR) is 76.1 cm³/mol. The fraction of sp³-hybridized carbons (Fsp3) is 0.667. The Bertz CT molecular complexity index is 326. The Morgan fingerprint density at radius 2 is 2.17 bits per heavy atom. The monoisotopic (exact) mass is 250 g/mol. The summed E-state index contributed by atoms with van der Waals surface area (Å²) in [4.78, 5) is 4.22. The molecule has 0 spiro atoms. The van der Waals surface area contributed by atoms with E-state index in [2.05, 4.69) is 37.1 Å². The van der Waals surface area contributed by atoms with Gasteiger partial charge in [-0.15, -0.1) is 0 Å². The maximum Gasteiger partial charge on any atom is 0.137 e. The molecule has 0 amide bonds. The second kappa shape index (κ2) is 8.92. The minimum absolute atomic E-state index is 0.720. The number of pyridine rings is 1. The third-order valence-corrected chi connectivity index (χ3v) is 2.61. The molecule has 1 aromatic heterocycles. The van der Waals surface area contributed by atoms with Crippen LogP contribution in [0, 0.1) is 5.92 Å². The standard InChI is InChI=1S/C15H26N2O/c1-4-8-18-15-9-14(11-17-12-15)6-5-7-16-10-13(2)3/h9,11-13,16H,4-8,10H2,1-3H3. The molecule has 1 aromatic rings. The highest BCUT2D eigenvalue weighted by Crippen LogP contribution is 2.12. The fourth-order valence-electron chi connectivity index (χ4n) is 1.71. The van der Waals surface area contributed by atoms with Crippen LogP contribution < -0.4 is 10.1 Å². The number of nitrogens with one attached hydrogen (secondary N) is 1. The predicted octanol–water partition coefficient (Wildman–Crippen LogP) is 3.05. The number of aromatic nitrogens is 1. The van der Waals surface area contributed by atoms with Crippen LogP contribution in [0.2, 0.25) is 0 Å². The van der Waals surface area contributed by atoms with Crippen LogP contribution in [0.3, 0.4) is 0 Å². The lowest BCUT2D eigenvalue weighted by Crippen LogP contribution is -2.21. The molecule has 0 aliphatic rings. The van der Waals surface area contributed by atoms with E-state index < -0.39 is 0 Å². The van der Waals surface area contributed by atoms with E-state index in [1.54, 1.807) is 6.20 Å². The van der Waals surface area contributed by atoms with Gasteiger partial charge < -0.3 is 10.1 Å².